The van der Waals surface area contributed by atoms with Gasteiger partial charge in [0.05, 0.1) is 30.5 Å². The lowest BCUT2D eigenvalue weighted by Gasteiger charge is -2.47. The van der Waals surface area contributed by atoms with E-state index in [-0.39, 0.29) is 5.91 Å². The highest BCUT2D eigenvalue weighted by Gasteiger charge is 2.56. The van der Waals surface area contributed by atoms with Gasteiger partial charge in [0.15, 0.2) is 5.82 Å². The second-order valence-electron chi connectivity index (χ2n) is 7.65. The predicted octanol–water partition coefficient (Wildman–Crippen LogP) is -1.17. The van der Waals surface area contributed by atoms with E-state index in [2.05, 4.69) is 9.97 Å². The summed E-state index contributed by atoms with van der Waals surface area (Å²) in [5.41, 5.74) is 0.246. The lowest BCUT2D eigenvalue weighted by molar-refractivity contribution is -0.159. The predicted molar refractivity (Wildman–Crippen MR) is 106 cm³/mol. The Bertz CT molecular complexity index is 932. The van der Waals surface area contributed by atoms with E-state index in [4.69, 9.17) is 19.8 Å². The molecule has 2 aliphatic rings. The molecule has 0 bridgehead atoms. The molecule has 1 amide bonds. The van der Waals surface area contributed by atoms with Crippen LogP contribution in [0.1, 0.15) is 19.5 Å². The molecule has 0 radical (unpaired) electrons. The number of amides is 1. The van der Waals surface area contributed by atoms with Crippen LogP contribution in [0.25, 0.3) is 0 Å². The van der Waals surface area contributed by atoms with Crippen molar-refractivity contribution in [3.05, 3.63) is 18.1 Å². The molecular formula is C17H25N5O7S. The number of carbonyl (C=O) groups excluding carboxylic acids is 1. The number of likely N-dealkylation sites (N-methyl/N-ethyl adjacent to an activating group) is 1. The highest BCUT2D eigenvalue weighted by atomic mass is 32.2. The van der Waals surface area contributed by atoms with Crippen LogP contribution in [-0.4, -0.2) is 102 Å². The van der Waals surface area contributed by atoms with Crippen LogP contribution in [0.2, 0.25) is 0 Å². The third-order valence-electron chi connectivity index (χ3n) is 5.05. The van der Waals surface area contributed by atoms with E-state index in [1.54, 1.807) is 11.1 Å². The van der Waals surface area contributed by atoms with E-state index in [1.807, 2.05) is 25.8 Å². The lowest BCUT2D eigenvalue weighted by atomic mass is 9.78. The lowest BCUT2D eigenvalue weighted by Crippen LogP contribution is -2.64. The molecule has 0 aromatic carbocycles. The molecule has 1 saturated heterocycles. The fraction of sp³-hybridized carbons (Fsp3) is 0.588. The summed E-state index contributed by atoms with van der Waals surface area (Å²) in [6.45, 7) is 5.70. The van der Waals surface area contributed by atoms with E-state index in [9.17, 15) is 13.2 Å². The smallest absolute Gasteiger partial charge is 0.414 e. The number of nitrogens with zero attached hydrogens (tertiary/aromatic N) is 5. The van der Waals surface area contributed by atoms with Crippen LogP contribution in [0.4, 0.5) is 5.82 Å². The number of hydrogen-bond donors (Lipinski definition) is 2. The fourth-order valence-electron chi connectivity index (χ4n) is 3.19. The number of carboxylic acid groups (broad SMARTS) is 2. The minimum atomic E-state index is -3.41. The molecule has 30 heavy (non-hydrogen) atoms. The van der Waals surface area contributed by atoms with Crippen molar-refractivity contribution in [1.29, 1.82) is 0 Å². The number of carbonyl (C=O) groups is 3. The standard InChI is InChI=1S/C15H23N5O3S.C2H2O4/c1-11(2)18(3)7-12(21)19-8-15(9-19)10-20(24(4,22)23)14-13(15)16-5-6-17-14;3-1(4)2(5)6/h5-6,11H,7-10H2,1-4H3;(H,3,4)(H,5,6). The van der Waals surface area contributed by atoms with Crippen molar-refractivity contribution in [3.63, 3.8) is 0 Å². The third kappa shape index (κ3) is 4.84. The largest absolute Gasteiger partial charge is 0.473 e. The van der Waals surface area contributed by atoms with E-state index >= 15 is 0 Å². The molecule has 0 saturated carbocycles. The first-order chi connectivity index (χ1) is 13.8. The van der Waals surface area contributed by atoms with Crippen molar-refractivity contribution in [2.45, 2.75) is 25.3 Å². The molecule has 12 nitrogen and oxygen atoms in total. The summed E-state index contributed by atoms with van der Waals surface area (Å²) in [7, 11) is -1.50. The van der Waals surface area contributed by atoms with Gasteiger partial charge in [-0.1, -0.05) is 0 Å². The van der Waals surface area contributed by atoms with Crippen LogP contribution in [0.5, 0.6) is 0 Å². The Kier molecular flexibility index (Phi) is 6.67. The molecule has 0 unspecified atom stereocenters. The molecule has 166 valence electrons. The molecule has 2 N–H and O–H groups in total. The summed E-state index contributed by atoms with van der Waals surface area (Å²) in [5, 5.41) is 14.8. The zero-order valence-electron chi connectivity index (χ0n) is 17.1. The Morgan fingerprint density at radius 3 is 2.13 bits per heavy atom. The summed E-state index contributed by atoms with van der Waals surface area (Å²) in [4.78, 5) is 42.9. The average molecular weight is 443 g/mol. The van der Waals surface area contributed by atoms with Crippen molar-refractivity contribution >= 4 is 33.7 Å². The maximum atomic E-state index is 12.4. The van der Waals surface area contributed by atoms with Gasteiger partial charge >= 0.3 is 11.9 Å². The number of anilines is 1. The van der Waals surface area contributed by atoms with E-state index in [0.29, 0.717) is 43.7 Å². The molecule has 1 spiro atoms. The molecule has 3 rings (SSSR count). The van der Waals surface area contributed by atoms with Gasteiger partial charge in [-0.25, -0.2) is 23.0 Å². The number of sulfonamides is 1. The normalized spacial score (nSPS) is 16.7. The quantitative estimate of drug-likeness (QED) is 0.543. The first-order valence-electron chi connectivity index (χ1n) is 9.02. The molecule has 0 aliphatic carbocycles. The molecule has 1 fully saturated rings. The second-order valence-corrected chi connectivity index (χ2v) is 9.55. The Morgan fingerprint density at radius 1 is 1.13 bits per heavy atom. The molecule has 2 aliphatic heterocycles. The minimum absolute atomic E-state index is 0.0556. The van der Waals surface area contributed by atoms with Crippen LogP contribution in [-0.2, 0) is 29.8 Å². The van der Waals surface area contributed by atoms with Gasteiger partial charge in [-0.15, -0.1) is 0 Å². The molecule has 0 atom stereocenters. The third-order valence-corrected chi connectivity index (χ3v) is 6.16. The number of carboxylic acids is 2. The van der Waals surface area contributed by atoms with Gasteiger partial charge in [-0.2, -0.15) is 0 Å². The summed E-state index contributed by atoms with van der Waals surface area (Å²) < 4.78 is 25.4. The SMILES string of the molecule is CC(C)N(C)CC(=O)N1CC2(C1)CN(S(C)(=O)=O)c1nccnc12.O=C(O)C(=O)O. The fourth-order valence-corrected chi connectivity index (χ4v) is 4.12. The summed E-state index contributed by atoms with van der Waals surface area (Å²) >= 11 is 0. The van der Waals surface area contributed by atoms with Gasteiger partial charge in [0, 0.05) is 31.5 Å². The zero-order chi connectivity index (χ0) is 22.9. The molecule has 3 heterocycles. The van der Waals surface area contributed by atoms with Crippen LogP contribution in [0, 0.1) is 0 Å². The monoisotopic (exact) mass is 443 g/mol. The van der Waals surface area contributed by atoms with Crippen LogP contribution in [0.3, 0.4) is 0 Å². The topological polar surface area (TPSA) is 161 Å². The maximum Gasteiger partial charge on any atom is 0.414 e. The van der Waals surface area contributed by atoms with E-state index in [1.165, 1.54) is 16.8 Å². The van der Waals surface area contributed by atoms with Crippen molar-refractivity contribution in [2.75, 3.05) is 43.8 Å². The van der Waals surface area contributed by atoms with Crippen molar-refractivity contribution in [3.8, 4) is 0 Å². The van der Waals surface area contributed by atoms with Crippen molar-refractivity contribution < 1.29 is 33.0 Å². The zero-order valence-corrected chi connectivity index (χ0v) is 18.0. The Morgan fingerprint density at radius 2 is 1.67 bits per heavy atom. The van der Waals surface area contributed by atoms with Crippen molar-refractivity contribution in [1.82, 2.24) is 19.8 Å². The summed E-state index contributed by atoms with van der Waals surface area (Å²) in [5.74, 6) is -3.20. The number of aromatic nitrogens is 2. The highest BCUT2D eigenvalue weighted by molar-refractivity contribution is 7.92. The number of fused-ring (bicyclic) bond motifs is 2. The van der Waals surface area contributed by atoms with Crippen LogP contribution < -0.4 is 4.31 Å². The van der Waals surface area contributed by atoms with E-state index in [0.717, 1.165) is 0 Å². The number of likely N-dealkylation sites (tertiary alicyclic amines) is 1. The highest BCUT2D eigenvalue weighted by Crippen LogP contribution is 2.44. The molecule has 1 aromatic rings. The Hall–Kier alpha value is -2.80. The van der Waals surface area contributed by atoms with Gasteiger partial charge in [-0.05, 0) is 20.9 Å². The van der Waals surface area contributed by atoms with E-state index < -0.39 is 27.4 Å². The van der Waals surface area contributed by atoms with Gasteiger partial charge in [0.1, 0.15) is 0 Å². The van der Waals surface area contributed by atoms with Crippen LogP contribution >= 0.6 is 0 Å². The Balaban J connectivity index is 0.000000469. The first kappa shape index (κ1) is 23.5. The van der Waals surface area contributed by atoms with Crippen LogP contribution in [0.15, 0.2) is 12.4 Å². The molecule has 1 aromatic heterocycles. The summed E-state index contributed by atoms with van der Waals surface area (Å²) in [6.07, 6.45) is 4.24. The van der Waals surface area contributed by atoms with Gasteiger partial charge < -0.3 is 15.1 Å². The minimum Gasteiger partial charge on any atom is -0.473 e. The molecular weight excluding hydrogens is 418 g/mol. The first-order valence-corrected chi connectivity index (χ1v) is 10.9. The van der Waals surface area contributed by atoms with Gasteiger partial charge in [0.2, 0.25) is 15.9 Å². The number of aliphatic carboxylic acids is 2. The Labute approximate surface area is 174 Å². The maximum absolute atomic E-state index is 12.4. The van der Waals surface area contributed by atoms with Gasteiger partial charge in [-0.3, -0.25) is 19.0 Å². The van der Waals surface area contributed by atoms with Gasteiger partial charge in [0.25, 0.3) is 0 Å². The second kappa shape index (κ2) is 8.52. The average Bonchev–Trinajstić information content (AvgIpc) is 2.96. The van der Waals surface area contributed by atoms with Crippen molar-refractivity contribution in [2.24, 2.45) is 0 Å². The molecule has 13 heteroatoms. The summed E-state index contributed by atoms with van der Waals surface area (Å²) in [6, 6.07) is 0.294. The number of hydrogen-bond acceptors (Lipinski definition) is 8. The number of rotatable bonds is 4.